The van der Waals surface area contributed by atoms with Crippen molar-refractivity contribution in [2.24, 2.45) is 11.8 Å². The van der Waals surface area contributed by atoms with Crippen LogP contribution in [0.25, 0.3) is 0 Å². The van der Waals surface area contributed by atoms with Crippen molar-refractivity contribution in [2.45, 2.75) is 77.4 Å². The summed E-state index contributed by atoms with van der Waals surface area (Å²) >= 11 is 0. The second kappa shape index (κ2) is 9.35. The highest BCUT2D eigenvalue weighted by Crippen LogP contribution is 2.40. The molecule has 5 atom stereocenters. The number of amides is 1. The number of carbonyl (C=O) groups is 3. The second-order valence-electron chi connectivity index (χ2n) is 7.46. The summed E-state index contributed by atoms with van der Waals surface area (Å²) in [6, 6.07) is -1.92. The molecule has 2 rings (SSSR count). The van der Waals surface area contributed by atoms with Crippen LogP contribution in [0.2, 0.25) is 0 Å². The van der Waals surface area contributed by atoms with E-state index in [2.05, 4.69) is 5.32 Å². The van der Waals surface area contributed by atoms with Crippen LogP contribution in [0.15, 0.2) is 0 Å². The molecule has 1 amide bonds. The Morgan fingerprint density at radius 1 is 1.23 bits per heavy atom. The molecule has 2 aliphatic rings. The quantitative estimate of drug-likeness (QED) is 0.634. The molecule has 1 saturated carbocycles. The highest BCUT2D eigenvalue weighted by atomic mass is 16.5. The molecule has 0 radical (unpaired) electrons. The molecule has 0 aromatic heterocycles. The summed E-state index contributed by atoms with van der Waals surface area (Å²) in [6.45, 7) is 6.21. The first kappa shape index (κ1) is 20.7. The van der Waals surface area contributed by atoms with Gasteiger partial charge in [0.2, 0.25) is 5.91 Å². The fourth-order valence-corrected chi connectivity index (χ4v) is 4.44. The number of hydrogen-bond donors (Lipinski definition) is 2. The molecular weight excluding hydrogens is 336 g/mol. The number of carboxylic acid groups (broad SMARTS) is 1. The number of ether oxygens (including phenoxy) is 1. The first-order valence-corrected chi connectivity index (χ1v) is 9.86. The number of aliphatic carboxylic acids is 1. The van der Waals surface area contributed by atoms with E-state index in [1.807, 2.05) is 6.92 Å². The summed E-state index contributed by atoms with van der Waals surface area (Å²) in [6.07, 6.45) is 5.34. The lowest BCUT2D eigenvalue weighted by Gasteiger charge is -2.29. The maximum absolute atomic E-state index is 13.0. The Balaban J connectivity index is 2.07. The minimum absolute atomic E-state index is 0.0499. The number of rotatable bonds is 8. The molecule has 1 aliphatic heterocycles. The third-order valence-corrected chi connectivity index (χ3v) is 5.65. The van der Waals surface area contributed by atoms with E-state index in [1.165, 1.54) is 4.90 Å². The van der Waals surface area contributed by atoms with E-state index in [9.17, 15) is 19.5 Å². The van der Waals surface area contributed by atoms with Gasteiger partial charge in [0.15, 0.2) is 0 Å². The maximum atomic E-state index is 13.0. The Labute approximate surface area is 155 Å². The van der Waals surface area contributed by atoms with Crippen molar-refractivity contribution in [3.05, 3.63) is 0 Å². The van der Waals surface area contributed by atoms with E-state index >= 15 is 0 Å². The van der Waals surface area contributed by atoms with Gasteiger partial charge < -0.3 is 14.7 Å². The molecule has 0 bridgehead atoms. The van der Waals surface area contributed by atoms with Gasteiger partial charge in [0.25, 0.3) is 0 Å². The topological polar surface area (TPSA) is 95.9 Å². The molecule has 1 heterocycles. The average molecular weight is 368 g/mol. The van der Waals surface area contributed by atoms with Crippen LogP contribution in [0.5, 0.6) is 0 Å². The zero-order valence-corrected chi connectivity index (χ0v) is 16.1. The fourth-order valence-electron chi connectivity index (χ4n) is 4.44. The van der Waals surface area contributed by atoms with Gasteiger partial charge >= 0.3 is 11.9 Å². The smallest absolute Gasteiger partial charge is 0.326 e. The molecule has 0 aromatic rings. The molecule has 1 saturated heterocycles. The Morgan fingerprint density at radius 2 is 1.92 bits per heavy atom. The normalized spacial score (nSPS) is 27.5. The molecule has 7 heteroatoms. The number of carbonyl (C=O) groups excluding carboxylic acids is 2. The van der Waals surface area contributed by atoms with Crippen LogP contribution >= 0.6 is 0 Å². The van der Waals surface area contributed by atoms with Crippen molar-refractivity contribution >= 4 is 17.8 Å². The predicted molar refractivity (Wildman–Crippen MR) is 96.5 cm³/mol. The molecule has 26 heavy (non-hydrogen) atoms. The number of carboxylic acids is 1. The zero-order chi connectivity index (χ0) is 19.3. The van der Waals surface area contributed by atoms with E-state index in [4.69, 9.17) is 4.74 Å². The molecule has 7 nitrogen and oxygen atoms in total. The lowest BCUT2D eigenvalue weighted by molar-refractivity contribution is -0.151. The highest BCUT2D eigenvalue weighted by molar-refractivity contribution is 5.88. The van der Waals surface area contributed by atoms with Gasteiger partial charge in [-0.15, -0.1) is 0 Å². The predicted octanol–water partition coefficient (Wildman–Crippen LogP) is 1.80. The van der Waals surface area contributed by atoms with Gasteiger partial charge in [-0.1, -0.05) is 26.2 Å². The number of fused-ring (bicyclic) bond motifs is 1. The third-order valence-electron chi connectivity index (χ3n) is 5.65. The average Bonchev–Trinajstić information content (AvgIpc) is 3.00. The summed E-state index contributed by atoms with van der Waals surface area (Å²) in [7, 11) is 0. The van der Waals surface area contributed by atoms with Gasteiger partial charge in [0.05, 0.1) is 12.6 Å². The van der Waals surface area contributed by atoms with E-state index < -0.39 is 24.1 Å². The molecule has 1 aliphatic carbocycles. The number of likely N-dealkylation sites (tertiary alicyclic amines) is 1. The van der Waals surface area contributed by atoms with Gasteiger partial charge in [-0.25, -0.2) is 4.79 Å². The van der Waals surface area contributed by atoms with Gasteiger partial charge in [-0.2, -0.15) is 0 Å². The van der Waals surface area contributed by atoms with Crippen LogP contribution in [0, 0.1) is 11.8 Å². The summed E-state index contributed by atoms with van der Waals surface area (Å²) in [4.78, 5) is 38.4. The van der Waals surface area contributed by atoms with Crippen LogP contribution in [-0.2, 0) is 19.1 Å². The van der Waals surface area contributed by atoms with E-state index in [0.717, 1.165) is 32.1 Å². The van der Waals surface area contributed by atoms with Crippen molar-refractivity contribution < 1.29 is 24.2 Å². The second-order valence-corrected chi connectivity index (χ2v) is 7.46. The van der Waals surface area contributed by atoms with Crippen LogP contribution in [0.4, 0.5) is 0 Å². The van der Waals surface area contributed by atoms with E-state index in [-0.39, 0.29) is 23.7 Å². The number of esters is 1. The van der Waals surface area contributed by atoms with Crippen LogP contribution < -0.4 is 5.32 Å². The number of nitrogens with zero attached hydrogens (tertiary/aromatic N) is 1. The van der Waals surface area contributed by atoms with Crippen LogP contribution in [-0.4, -0.2) is 59.1 Å². The van der Waals surface area contributed by atoms with E-state index in [1.54, 1.807) is 13.8 Å². The van der Waals surface area contributed by atoms with Gasteiger partial charge in [-0.05, 0) is 44.9 Å². The van der Waals surface area contributed by atoms with Crippen molar-refractivity contribution in [2.75, 3.05) is 13.2 Å². The lowest BCUT2D eigenvalue weighted by Crippen LogP contribution is -2.54. The Bertz CT molecular complexity index is 524. The van der Waals surface area contributed by atoms with Gasteiger partial charge in [0.1, 0.15) is 12.1 Å². The van der Waals surface area contributed by atoms with E-state index in [0.29, 0.717) is 19.6 Å². The largest absolute Gasteiger partial charge is 0.480 e. The zero-order valence-electron chi connectivity index (χ0n) is 16.1. The monoisotopic (exact) mass is 368 g/mol. The molecule has 2 N–H and O–H groups in total. The molecule has 148 valence electrons. The first-order valence-electron chi connectivity index (χ1n) is 9.86. The summed E-state index contributed by atoms with van der Waals surface area (Å²) in [5, 5.41) is 12.8. The number of hydrogen-bond acceptors (Lipinski definition) is 5. The van der Waals surface area contributed by atoms with Gasteiger partial charge in [-0.3, -0.25) is 14.9 Å². The maximum Gasteiger partial charge on any atom is 0.326 e. The van der Waals surface area contributed by atoms with Crippen molar-refractivity contribution in [3.8, 4) is 0 Å². The molecule has 0 spiro atoms. The van der Waals surface area contributed by atoms with Gasteiger partial charge in [0, 0.05) is 6.54 Å². The lowest BCUT2D eigenvalue weighted by atomic mass is 9.78. The summed E-state index contributed by atoms with van der Waals surface area (Å²) in [5.41, 5.74) is 0. The van der Waals surface area contributed by atoms with Crippen LogP contribution in [0.1, 0.15) is 59.3 Å². The fraction of sp³-hybridized carbons (Fsp3) is 0.842. The van der Waals surface area contributed by atoms with Crippen molar-refractivity contribution in [3.63, 3.8) is 0 Å². The Morgan fingerprint density at radius 3 is 2.54 bits per heavy atom. The van der Waals surface area contributed by atoms with Crippen molar-refractivity contribution in [1.29, 1.82) is 0 Å². The molecule has 0 aromatic carbocycles. The summed E-state index contributed by atoms with van der Waals surface area (Å²) in [5.74, 6) is -1.20. The third kappa shape index (κ3) is 4.55. The standard InChI is InChI=1S/C19H32N2O5/c1-4-8-15(19(25)26-5-2)20-12(3)17(22)21-11-13-9-6-7-10-14(13)16(21)18(23)24/h12-16,20H,4-11H2,1-3H3,(H,23,24)/t12-,13?,14?,15?,16?/m0/s1. The minimum atomic E-state index is -0.921. The SMILES string of the molecule is CCCC(N[C@@H](C)C(=O)N1CC2CCCCC2C1C(=O)O)C(=O)OCC. The molecule has 4 unspecified atom stereocenters. The van der Waals surface area contributed by atoms with Crippen molar-refractivity contribution in [1.82, 2.24) is 10.2 Å². The summed E-state index contributed by atoms with van der Waals surface area (Å²) < 4.78 is 5.08. The minimum Gasteiger partial charge on any atom is -0.480 e. The molecular formula is C19H32N2O5. The Kier molecular flexibility index (Phi) is 7.43. The molecule has 2 fully saturated rings. The Hall–Kier alpha value is -1.63. The van der Waals surface area contributed by atoms with Crippen LogP contribution in [0.3, 0.4) is 0 Å². The highest BCUT2D eigenvalue weighted by Gasteiger charge is 2.49. The first-order chi connectivity index (χ1) is 12.4. The number of nitrogens with one attached hydrogen (secondary N) is 1.